The predicted molar refractivity (Wildman–Crippen MR) is 65.6 cm³/mol. The summed E-state index contributed by atoms with van der Waals surface area (Å²) in [7, 11) is 1.90. The van der Waals surface area contributed by atoms with Crippen molar-refractivity contribution < 1.29 is 4.79 Å². The molecule has 16 heavy (non-hydrogen) atoms. The summed E-state index contributed by atoms with van der Waals surface area (Å²) in [6.45, 7) is 3.75. The van der Waals surface area contributed by atoms with E-state index in [1.165, 1.54) is 5.56 Å². The van der Waals surface area contributed by atoms with Crippen LogP contribution in [0.25, 0.3) is 10.9 Å². The van der Waals surface area contributed by atoms with Gasteiger partial charge in [-0.05, 0) is 31.5 Å². The zero-order chi connectivity index (χ0) is 11.9. The number of rotatable bonds is 2. The number of aromatic nitrogens is 1. The van der Waals surface area contributed by atoms with Crippen molar-refractivity contribution in [1.82, 2.24) is 4.57 Å². The van der Waals surface area contributed by atoms with Gasteiger partial charge in [0, 0.05) is 18.0 Å². The summed E-state index contributed by atoms with van der Waals surface area (Å²) in [5.41, 5.74) is 8.56. The van der Waals surface area contributed by atoms with Crippen LogP contribution in [0, 0.1) is 6.92 Å². The number of nitrogens with two attached hydrogens (primary N) is 1. The number of nitrogens with zero attached hydrogens (tertiary/aromatic N) is 1. The van der Waals surface area contributed by atoms with Crippen LogP contribution in [0.5, 0.6) is 0 Å². The topological polar surface area (TPSA) is 48.0 Å². The highest BCUT2D eigenvalue weighted by Crippen LogP contribution is 2.20. The Kier molecular flexibility index (Phi) is 2.56. The lowest BCUT2D eigenvalue weighted by Gasteiger charge is -2.05. The van der Waals surface area contributed by atoms with Crippen molar-refractivity contribution in [2.75, 3.05) is 0 Å². The minimum Gasteiger partial charge on any atom is -0.341 e. The molecule has 2 rings (SSSR count). The van der Waals surface area contributed by atoms with Crippen LogP contribution in [0.1, 0.15) is 23.0 Å². The van der Waals surface area contributed by atoms with Gasteiger partial charge in [0.1, 0.15) is 0 Å². The molecule has 1 unspecified atom stereocenters. The molecule has 0 spiro atoms. The normalized spacial score (nSPS) is 13.0. The molecular formula is C13H16N2O. The average Bonchev–Trinajstić information content (AvgIpc) is 2.55. The summed E-state index contributed by atoms with van der Waals surface area (Å²) in [6, 6.07) is 7.60. The molecular weight excluding hydrogens is 200 g/mol. The van der Waals surface area contributed by atoms with Gasteiger partial charge in [-0.1, -0.05) is 12.1 Å². The van der Waals surface area contributed by atoms with E-state index in [1.54, 1.807) is 6.92 Å². The summed E-state index contributed by atoms with van der Waals surface area (Å²) in [5.74, 6) is -0.0173. The molecule has 0 aliphatic rings. The number of ketones is 1. The van der Waals surface area contributed by atoms with Crippen LogP contribution in [-0.2, 0) is 7.05 Å². The summed E-state index contributed by atoms with van der Waals surface area (Å²) in [5, 5.41) is 1.08. The third-order valence-electron chi connectivity index (χ3n) is 2.87. The lowest BCUT2D eigenvalue weighted by Crippen LogP contribution is -2.28. The van der Waals surface area contributed by atoms with E-state index in [0.717, 1.165) is 10.9 Å². The van der Waals surface area contributed by atoms with Crippen LogP contribution in [0.3, 0.4) is 0 Å². The van der Waals surface area contributed by atoms with Gasteiger partial charge < -0.3 is 10.3 Å². The fourth-order valence-electron chi connectivity index (χ4n) is 1.91. The van der Waals surface area contributed by atoms with Gasteiger partial charge in [-0.15, -0.1) is 0 Å². The molecule has 1 heterocycles. The summed E-state index contributed by atoms with van der Waals surface area (Å²) in [4.78, 5) is 11.9. The highest BCUT2D eigenvalue weighted by atomic mass is 16.1. The van der Waals surface area contributed by atoms with Crippen molar-refractivity contribution in [2.24, 2.45) is 12.8 Å². The van der Waals surface area contributed by atoms with Gasteiger partial charge in [0.2, 0.25) is 0 Å². The zero-order valence-electron chi connectivity index (χ0n) is 9.82. The minimum absolute atomic E-state index is 0.0173. The standard InChI is InChI=1S/C13H16N2O/c1-8-4-5-10-7-12(13(16)9(2)14)15(3)11(10)6-8/h4-7,9H,14H2,1-3H3. The van der Waals surface area contributed by atoms with Gasteiger partial charge in [0.15, 0.2) is 5.78 Å². The van der Waals surface area contributed by atoms with Gasteiger partial charge in [0.05, 0.1) is 11.7 Å². The number of aryl methyl sites for hydroxylation is 2. The summed E-state index contributed by atoms with van der Waals surface area (Å²) < 4.78 is 1.91. The SMILES string of the molecule is Cc1ccc2cc(C(=O)C(C)N)n(C)c2c1. The maximum atomic E-state index is 11.9. The smallest absolute Gasteiger partial charge is 0.195 e. The zero-order valence-corrected chi connectivity index (χ0v) is 9.82. The molecule has 1 aromatic carbocycles. The number of benzene rings is 1. The Morgan fingerprint density at radius 1 is 1.38 bits per heavy atom. The third-order valence-corrected chi connectivity index (χ3v) is 2.87. The molecule has 0 fully saturated rings. The Morgan fingerprint density at radius 2 is 2.06 bits per heavy atom. The lowest BCUT2D eigenvalue weighted by atomic mass is 10.1. The molecule has 0 saturated carbocycles. The quantitative estimate of drug-likeness (QED) is 0.781. The number of hydrogen-bond acceptors (Lipinski definition) is 2. The number of carbonyl (C=O) groups excluding carboxylic acids is 1. The van der Waals surface area contributed by atoms with Crippen LogP contribution in [0.4, 0.5) is 0 Å². The molecule has 0 amide bonds. The number of fused-ring (bicyclic) bond motifs is 1. The second-order valence-corrected chi connectivity index (χ2v) is 4.30. The van der Waals surface area contributed by atoms with E-state index in [4.69, 9.17) is 5.73 Å². The van der Waals surface area contributed by atoms with Gasteiger partial charge in [-0.3, -0.25) is 4.79 Å². The van der Waals surface area contributed by atoms with Crippen molar-refractivity contribution in [3.8, 4) is 0 Å². The van der Waals surface area contributed by atoms with Crippen LogP contribution in [0.15, 0.2) is 24.3 Å². The van der Waals surface area contributed by atoms with Crippen LogP contribution in [0.2, 0.25) is 0 Å². The van der Waals surface area contributed by atoms with Crippen molar-refractivity contribution in [1.29, 1.82) is 0 Å². The second-order valence-electron chi connectivity index (χ2n) is 4.30. The van der Waals surface area contributed by atoms with E-state index in [9.17, 15) is 4.79 Å². The Morgan fingerprint density at radius 3 is 2.69 bits per heavy atom. The molecule has 3 nitrogen and oxygen atoms in total. The van der Waals surface area contributed by atoms with Gasteiger partial charge in [0.25, 0.3) is 0 Å². The third kappa shape index (κ3) is 1.63. The van der Waals surface area contributed by atoms with Crippen molar-refractivity contribution >= 4 is 16.7 Å². The predicted octanol–water partition coefficient (Wildman–Crippen LogP) is 2.02. The van der Waals surface area contributed by atoms with E-state index in [0.29, 0.717) is 5.69 Å². The fraction of sp³-hybridized carbons (Fsp3) is 0.308. The monoisotopic (exact) mass is 216 g/mol. The van der Waals surface area contributed by atoms with Crippen LogP contribution >= 0.6 is 0 Å². The molecule has 0 bridgehead atoms. The van der Waals surface area contributed by atoms with Crippen LogP contribution < -0.4 is 5.73 Å². The maximum Gasteiger partial charge on any atom is 0.195 e. The minimum atomic E-state index is -0.455. The summed E-state index contributed by atoms with van der Waals surface area (Å²) in [6.07, 6.45) is 0. The molecule has 2 N–H and O–H groups in total. The van der Waals surface area contributed by atoms with E-state index < -0.39 is 6.04 Å². The van der Waals surface area contributed by atoms with Gasteiger partial charge >= 0.3 is 0 Å². The Hall–Kier alpha value is -1.61. The van der Waals surface area contributed by atoms with Crippen molar-refractivity contribution in [3.05, 3.63) is 35.5 Å². The number of carbonyl (C=O) groups is 1. The molecule has 1 aromatic heterocycles. The first-order chi connectivity index (χ1) is 7.50. The maximum absolute atomic E-state index is 11.9. The lowest BCUT2D eigenvalue weighted by molar-refractivity contribution is 0.0960. The summed E-state index contributed by atoms with van der Waals surface area (Å²) >= 11 is 0. The molecule has 0 aliphatic carbocycles. The molecule has 0 aliphatic heterocycles. The van der Waals surface area contributed by atoms with Gasteiger partial charge in [-0.2, -0.15) is 0 Å². The van der Waals surface area contributed by atoms with E-state index >= 15 is 0 Å². The largest absolute Gasteiger partial charge is 0.341 e. The van der Waals surface area contributed by atoms with E-state index in [-0.39, 0.29) is 5.78 Å². The Balaban J connectivity index is 2.65. The molecule has 0 radical (unpaired) electrons. The molecule has 84 valence electrons. The molecule has 1 atom stereocenters. The first-order valence-electron chi connectivity index (χ1n) is 5.36. The highest BCUT2D eigenvalue weighted by Gasteiger charge is 2.16. The molecule has 0 saturated heterocycles. The number of Topliss-reactive ketones (excluding diaryl/α,β-unsaturated/α-hetero) is 1. The fourth-order valence-corrected chi connectivity index (χ4v) is 1.91. The molecule has 2 aromatic rings. The van der Waals surface area contributed by atoms with Crippen molar-refractivity contribution in [2.45, 2.75) is 19.9 Å². The highest BCUT2D eigenvalue weighted by molar-refractivity contribution is 6.02. The van der Waals surface area contributed by atoms with E-state index in [2.05, 4.69) is 6.07 Å². The van der Waals surface area contributed by atoms with E-state index in [1.807, 2.05) is 36.7 Å². The average molecular weight is 216 g/mol. The Labute approximate surface area is 94.9 Å². The number of hydrogen-bond donors (Lipinski definition) is 1. The molecule has 3 heteroatoms. The van der Waals surface area contributed by atoms with Crippen molar-refractivity contribution in [3.63, 3.8) is 0 Å². The first-order valence-corrected chi connectivity index (χ1v) is 5.36. The first kappa shape index (κ1) is 10.9. The Bertz CT molecular complexity index is 552. The van der Waals surface area contributed by atoms with Gasteiger partial charge in [-0.25, -0.2) is 0 Å². The van der Waals surface area contributed by atoms with Crippen LogP contribution in [-0.4, -0.2) is 16.4 Å². The second kappa shape index (κ2) is 3.76.